The molecule has 0 aliphatic heterocycles. The summed E-state index contributed by atoms with van der Waals surface area (Å²) in [5.74, 6) is -2.76. The number of hydrogen-bond acceptors (Lipinski definition) is 8. The Bertz CT molecular complexity index is 885. The molecule has 9 nitrogen and oxygen atoms in total. The van der Waals surface area contributed by atoms with Gasteiger partial charge in [-0.25, -0.2) is 14.6 Å². The Morgan fingerprint density at radius 1 is 1.37 bits per heavy atom. The first-order valence-corrected chi connectivity index (χ1v) is 10.1. The predicted molar refractivity (Wildman–Crippen MR) is 98.4 cm³/mol. The van der Waals surface area contributed by atoms with Crippen molar-refractivity contribution in [1.82, 2.24) is 4.98 Å². The van der Waals surface area contributed by atoms with Crippen LogP contribution in [0.15, 0.2) is 16.5 Å². The molecule has 0 saturated heterocycles. The molecule has 27 heavy (non-hydrogen) atoms. The van der Waals surface area contributed by atoms with E-state index in [0.717, 1.165) is 11.3 Å². The number of anilines is 1. The molecule has 2 N–H and O–H groups in total. The van der Waals surface area contributed by atoms with Gasteiger partial charge in [-0.2, -0.15) is 0 Å². The average molecular weight is 414 g/mol. The van der Waals surface area contributed by atoms with Crippen molar-refractivity contribution in [2.75, 3.05) is 11.1 Å². The van der Waals surface area contributed by atoms with Crippen LogP contribution in [0, 0.1) is 6.92 Å². The highest BCUT2D eigenvalue weighted by atomic mass is 32.2. The molecule has 0 spiro atoms. The number of aromatic nitrogens is 1. The monoisotopic (exact) mass is 414 g/mol. The number of furan rings is 1. The van der Waals surface area contributed by atoms with E-state index in [1.54, 1.807) is 20.8 Å². The van der Waals surface area contributed by atoms with Gasteiger partial charge in [0.25, 0.3) is 0 Å². The highest BCUT2D eigenvalue weighted by Crippen LogP contribution is 2.24. The number of nitrogens with zero attached hydrogens (tertiary/aromatic N) is 1. The fourth-order valence-corrected chi connectivity index (χ4v) is 3.79. The van der Waals surface area contributed by atoms with Gasteiger partial charge >= 0.3 is 11.9 Å². The van der Waals surface area contributed by atoms with Gasteiger partial charge in [0.15, 0.2) is 5.13 Å². The molecule has 0 saturated carbocycles. The number of carboxylic acid groups (broad SMARTS) is 1. The van der Waals surface area contributed by atoms with E-state index in [9.17, 15) is 18.6 Å². The zero-order valence-electron chi connectivity index (χ0n) is 14.8. The molecule has 146 valence electrons. The number of hydrogen-bond donors (Lipinski definition) is 2. The maximum atomic E-state index is 12.0. The fraction of sp³-hybridized carbons (Fsp3) is 0.375. The second-order valence-electron chi connectivity index (χ2n) is 5.74. The van der Waals surface area contributed by atoms with E-state index in [1.165, 1.54) is 12.1 Å². The maximum Gasteiger partial charge on any atom is 0.371 e. The second kappa shape index (κ2) is 8.91. The van der Waals surface area contributed by atoms with E-state index in [4.69, 9.17) is 14.3 Å². The van der Waals surface area contributed by atoms with E-state index in [1.807, 2.05) is 0 Å². The van der Waals surface area contributed by atoms with Crippen LogP contribution in [0.3, 0.4) is 0 Å². The standard InChI is InChI=1S/C16H18N2O7S2/c1-8(2)24-15(22)13-9(3)17-16(26-13)18-12(19)7-27(23)6-10-4-5-11(25-10)14(20)21/h4-5,8H,6-7H2,1-3H3,(H,20,21)(H,17,18,19). The first-order valence-electron chi connectivity index (χ1n) is 7.81. The number of rotatable bonds is 8. The average Bonchev–Trinajstić information content (AvgIpc) is 3.13. The van der Waals surface area contributed by atoms with Crippen molar-refractivity contribution in [3.63, 3.8) is 0 Å². The first kappa shape index (κ1) is 20.8. The Labute approximate surface area is 161 Å². The second-order valence-corrected chi connectivity index (χ2v) is 8.19. The number of thiazole rings is 1. The molecule has 0 aliphatic rings. The van der Waals surface area contributed by atoms with Crippen LogP contribution in [-0.4, -0.2) is 44.0 Å². The number of esters is 1. The smallest absolute Gasteiger partial charge is 0.371 e. The van der Waals surface area contributed by atoms with Crippen LogP contribution < -0.4 is 5.32 Å². The lowest BCUT2D eigenvalue weighted by Crippen LogP contribution is -2.20. The summed E-state index contributed by atoms with van der Waals surface area (Å²) in [5, 5.41) is 11.5. The summed E-state index contributed by atoms with van der Waals surface area (Å²) in [6.07, 6.45) is -0.275. The fourth-order valence-electron chi connectivity index (χ4n) is 1.99. The number of amides is 1. The molecule has 0 aliphatic carbocycles. The van der Waals surface area contributed by atoms with Crippen molar-refractivity contribution in [1.29, 1.82) is 0 Å². The third-order valence-corrected chi connectivity index (χ3v) is 5.28. The van der Waals surface area contributed by atoms with Crippen LogP contribution in [0.25, 0.3) is 0 Å². The molecule has 0 aromatic carbocycles. The minimum absolute atomic E-state index is 0.0937. The minimum Gasteiger partial charge on any atom is -0.475 e. The third-order valence-electron chi connectivity index (χ3n) is 3.04. The van der Waals surface area contributed by atoms with E-state index in [0.29, 0.717) is 5.69 Å². The van der Waals surface area contributed by atoms with Crippen LogP contribution >= 0.6 is 11.3 Å². The number of aromatic carboxylic acids is 1. The Morgan fingerprint density at radius 3 is 2.67 bits per heavy atom. The molecule has 11 heteroatoms. The summed E-state index contributed by atoms with van der Waals surface area (Å²) in [6, 6.07) is 2.65. The number of carboxylic acids is 1. The summed E-state index contributed by atoms with van der Waals surface area (Å²) >= 11 is 0.975. The van der Waals surface area contributed by atoms with Crippen molar-refractivity contribution < 1.29 is 32.9 Å². The van der Waals surface area contributed by atoms with Crippen molar-refractivity contribution in [2.45, 2.75) is 32.6 Å². The van der Waals surface area contributed by atoms with E-state index in [-0.39, 0.29) is 39.1 Å². The van der Waals surface area contributed by atoms with Gasteiger partial charge in [0.2, 0.25) is 11.7 Å². The molecule has 0 bridgehead atoms. The number of carbonyl (C=O) groups is 3. The largest absolute Gasteiger partial charge is 0.475 e. The molecule has 0 radical (unpaired) electrons. The molecule has 2 aromatic rings. The van der Waals surface area contributed by atoms with Crippen LogP contribution in [0.4, 0.5) is 5.13 Å². The van der Waals surface area contributed by atoms with Gasteiger partial charge in [-0.3, -0.25) is 9.00 Å². The predicted octanol–water partition coefficient (Wildman–Crippen LogP) is 2.20. The Balaban J connectivity index is 1.92. The Morgan fingerprint density at radius 2 is 2.07 bits per heavy atom. The molecule has 0 fully saturated rings. The molecule has 1 amide bonds. The molecular formula is C16H18N2O7S2. The lowest BCUT2D eigenvalue weighted by molar-refractivity contribution is -0.113. The van der Waals surface area contributed by atoms with Crippen molar-refractivity contribution >= 4 is 45.1 Å². The Hall–Kier alpha value is -2.53. The molecule has 2 heterocycles. The van der Waals surface area contributed by atoms with E-state index >= 15 is 0 Å². The summed E-state index contributed by atoms with van der Waals surface area (Å²) in [6.45, 7) is 5.08. The van der Waals surface area contributed by atoms with Gasteiger partial charge < -0.3 is 19.6 Å². The number of ether oxygens (including phenoxy) is 1. The van der Waals surface area contributed by atoms with Crippen LogP contribution in [-0.2, 0) is 26.1 Å². The molecule has 1 atom stereocenters. The lowest BCUT2D eigenvalue weighted by atomic mass is 10.4. The summed E-state index contributed by atoms with van der Waals surface area (Å²) in [4.78, 5) is 39.1. The summed E-state index contributed by atoms with van der Waals surface area (Å²) in [5.41, 5.74) is 0.429. The molecule has 2 aromatic heterocycles. The van der Waals surface area contributed by atoms with Gasteiger partial charge in [-0.05, 0) is 32.9 Å². The topological polar surface area (TPSA) is 136 Å². The number of carbonyl (C=O) groups excluding carboxylic acids is 2. The Kier molecular flexibility index (Phi) is 6.86. The van der Waals surface area contributed by atoms with Crippen molar-refractivity contribution in [3.8, 4) is 0 Å². The SMILES string of the molecule is Cc1nc(NC(=O)CS(=O)Cc2ccc(C(=O)O)o2)sc1C(=O)OC(C)C. The quantitative estimate of drug-likeness (QED) is 0.628. The normalized spacial score (nSPS) is 12.0. The highest BCUT2D eigenvalue weighted by molar-refractivity contribution is 7.84. The summed E-state index contributed by atoms with van der Waals surface area (Å²) in [7, 11) is -1.60. The molecule has 2 rings (SSSR count). The lowest BCUT2D eigenvalue weighted by Gasteiger charge is -2.05. The number of nitrogens with one attached hydrogen (secondary N) is 1. The third kappa shape index (κ3) is 6.00. The van der Waals surface area contributed by atoms with Gasteiger partial charge in [-0.15, -0.1) is 0 Å². The minimum atomic E-state index is -1.60. The molecular weight excluding hydrogens is 396 g/mol. The molecule has 1 unspecified atom stereocenters. The zero-order valence-corrected chi connectivity index (χ0v) is 16.4. The maximum absolute atomic E-state index is 12.0. The van der Waals surface area contributed by atoms with Crippen molar-refractivity contribution in [3.05, 3.63) is 34.2 Å². The van der Waals surface area contributed by atoms with Gasteiger partial charge in [0, 0.05) is 10.8 Å². The van der Waals surface area contributed by atoms with Gasteiger partial charge in [0.05, 0.1) is 17.6 Å². The van der Waals surface area contributed by atoms with Crippen molar-refractivity contribution in [2.24, 2.45) is 0 Å². The van der Waals surface area contributed by atoms with E-state index in [2.05, 4.69) is 10.3 Å². The van der Waals surface area contributed by atoms with Gasteiger partial charge in [-0.1, -0.05) is 11.3 Å². The number of aryl methyl sites for hydroxylation is 1. The van der Waals surface area contributed by atoms with Gasteiger partial charge in [0.1, 0.15) is 16.4 Å². The van der Waals surface area contributed by atoms with Crippen LogP contribution in [0.2, 0.25) is 0 Å². The highest BCUT2D eigenvalue weighted by Gasteiger charge is 2.20. The van der Waals surface area contributed by atoms with Crippen LogP contribution in [0.5, 0.6) is 0 Å². The zero-order chi connectivity index (χ0) is 20.1. The first-order chi connectivity index (χ1) is 12.7. The summed E-state index contributed by atoms with van der Waals surface area (Å²) < 4.78 is 22.2. The van der Waals surface area contributed by atoms with E-state index < -0.39 is 28.6 Å². The van der Waals surface area contributed by atoms with Crippen LogP contribution in [0.1, 0.15) is 45.5 Å².